The molecule has 0 bridgehead atoms. The summed E-state index contributed by atoms with van der Waals surface area (Å²) >= 11 is 0. The summed E-state index contributed by atoms with van der Waals surface area (Å²) in [4.78, 5) is 0.158. The second-order valence-corrected chi connectivity index (χ2v) is 15.9. The van der Waals surface area contributed by atoms with Crippen molar-refractivity contribution in [2.75, 3.05) is 13.2 Å². The molecule has 178 valence electrons. The van der Waals surface area contributed by atoms with Crippen LogP contribution in [0.2, 0.25) is 19.6 Å². The van der Waals surface area contributed by atoms with Crippen molar-refractivity contribution in [1.29, 1.82) is 0 Å². The van der Waals surface area contributed by atoms with E-state index in [1.807, 2.05) is 39.0 Å². The Labute approximate surface area is 197 Å². The number of hydrogen-bond donors (Lipinski definition) is 0. The van der Waals surface area contributed by atoms with Gasteiger partial charge in [0, 0.05) is 12.2 Å². The molecule has 0 saturated carbocycles. The number of tetrazole rings is 1. The molecule has 2 aromatic carbocycles. The maximum atomic E-state index is 12.5. The first kappa shape index (κ1) is 25.2. The Bertz CT molecular complexity index is 1190. The van der Waals surface area contributed by atoms with Gasteiger partial charge in [-0.3, -0.25) is 4.18 Å². The van der Waals surface area contributed by atoms with E-state index in [0.29, 0.717) is 18.9 Å². The van der Waals surface area contributed by atoms with Gasteiger partial charge in [0.05, 0.1) is 11.5 Å². The van der Waals surface area contributed by atoms with Crippen molar-refractivity contribution in [1.82, 2.24) is 20.2 Å². The van der Waals surface area contributed by atoms with E-state index in [2.05, 4.69) is 35.2 Å². The van der Waals surface area contributed by atoms with E-state index in [9.17, 15) is 8.42 Å². The van der Waals surface area contributed by atoms with E-state index in [0.717, 1.165) is 22.3 Å². The Morgan fingerprint density at radius 1 is 1.06 bits per heavy atom. The van der Waals surface area contributed by atoms with E-state index >= 15 is 0 Å². The molecule has 0 aliphatic rings. The summed E-state index contributed by atoms with van der Waals surface area (Å²) in [6, 6.07) is 12.6. The number of benzene rings is 2. The van der Waals surface area contributed by atoms with Gasteiger partial charge in [0.25, 0.3) is 10.1 Å². The highest BCUT2D eigenvalue weighted by atomic mass is 32.2. The minimum absolute atomic E-state index is 0.0436. The normalized spacial score (nSPS) is 13.3. The molecule has 1 unspecified atom stereocenters. The Morgan fingerprint density at radius 2 is 1.76 bits per heavy atom. The fourth-order valence-corrected chi connectivity index (χ4v) is 5.98. The van der Waals surface area contributed by atoms with Crippen LogP contribution in [0.1, 0.15) is 29.5 Å². The molecule has 0 aliphatic heterocycles. The number of hydrogen-bond acceptors (Lipinski definition) is 7. The molecule has 0 aliphatic carbocycles. The molecule has 1 heterocycles. The van der Waals surface area contributed by atoms with Crippen LogP contribution in [0.25, 0.3) is 11.4 Å². The van der Waals surface area contributed by atoms with Crippen molar-refractivity contribution < 1.29 is 17.3 Å². The Balaban J connectivity index is 1.80. The third-order valence-corrected chi connectivity index (χ3v) is 8.53. The van der Waals surface area contributed by atoms with E-state index in [4.69, 9.17) is 8.92 Å². The van der Waals surface area contributed by atoms with Gasteiger partial charge in [0.2, 0.25) is 0 Å². The van der Waals surface area contributed by atoms with Gasteiger partial charge < -0.3 is 4.74 Å². The summed E-state index contributed by atoms with van der Waals surface area (Å²) in [6.45, 7) is 13.1. The first-order chi connectivity index (χ1) is 15.5. The lowest BCUT2D eigenvalue weighted by Gasteiger charge is -2.29. The first-order valence-electron chi connectivity index (χ1n) is 11.0. The van der Waals surface area contributed by atoms with Crippen molar-refractivity contribution in [2.45, 2.75) is 57.6 Å². The molecule has 0 saturated heterocycles. The van der Waals surface area contributed by atoms with E-state index < -0.39 is 18.2 Å². The lowest BCUT2D eigenvalue weighted by Crippen LogP contribution is -2.38. The Kier molecular flexibility index (Phi) is 7.83. The lowest BCUT2D eigenvalue weighted by molar-refractivity contribution is 0.0548. The van der Waals surface area contributed by atoms with Crippen LogP contribution in [0.5, 0.6) is 0 Å². The molecule has 0 spiro atoms. The summed E-state index contributed by atoms with van der Waals surface area (Å²) in [5.41, 5.74) is 3.86. The van der Waals surface area contributed by atoms with Gasteiger partial charge in [-0.1, -0.05) is 49.5 Å². The summed E-state index contributed by atoms with van der Waals surface area (Å²) < 4.78 is 38.0. The average molecular weight is 489 g/mol. The lowest BCUT2D eigenvalue weighted by atomic mass is 10.0. The number of nitrogens with zero attached hydrogens (tertiary/aromatic N) is 4. The van der Waals surface area contributed by atoms with Gasteiger partial charge in [-0.2, -0.15) is 8.42 Å². The van der Waals surface area contributed by atoms with Crippen LogP contribution in [-0.2, 0) is 25.5 Å². The van der Waals surface area contributed by atoms with Crippen LogP contribution >= 0.6 is 0 Å². The zero-order chi connectivity index (χ0) is 24.2. The fraction of sp³-hybridized carbons (Fsp3) is 0.435. The van der Waals surface area contributed by atoms with Crippen molar-refractivity contribution in [2.24, 2.45) is 0 Å². The first-order valence-corrected chi connectivity index (χ1v) is 16.0. The largest absolute Gasteiger partial charge is 0.360 e. The molecule has 0 radical (unpaired) electrons. The molecule has 10 heteroatoms. The van der Waals surface area contributed by atoms with Gasteiger partial charge in [0.1, 0.15) is 13.9 Å². The topological polar surface area (TPSA) is 96.2 Å². The van der Waals surface area contributed by atoms with Crippen LogP contribution < -0.4 is 0 Å². The van der Waals surface area contributed by atoms with Crippen LogP contribution in [-0.4, -0.2) is 49.9 Å². The predicted octanol–water partition coefficient (Wildman–Crippen LogP) is 4.32. The summed E-state index contributed by atoms with van der Waals surface area (Å²) in [5, 5.41) is 12.4. The fourth-order valence-electron chi connectivity index (χ4n) is 3.50. The molecule has 0 N–H and O–H groups in total. The van der Waals surface area contributed by atoms with Crippen LogP contribution in [0.3, 0.4) is 0 Å². The van der Waals surface area contributed by atoms with Gasteiger partial charge >= 0.3 is 0 Å². The monoisotopic (exact) mass is 488 g/mol. The highest BCUT2D eigenvalue weighted by Gasteiger charge is 2.32. The van der Waals surface area contributed by atoms with Crippen molar-refractivity contribution in [3.63, 3.8) is 0 Å². The zero-order valence-electron chi connectivity index (χ0n) is 20.1. The van der Waals surface area contributed by atoms with Crippen molar-refractivity contribution in [3.8, 4) is 11.4 Å². The standard InChI is InChI=1S/C23H32N4O4SSi/c1-7-30-23(33(4,5)6)27-22(24-25-26-27)20-11-10-18(3)19(16-20)14-15-31-32(28,29)21-12-8-17(2)9-13-21/h8-13,16,23H,7,14-15H2,1-6H3. The average Bonchev–Trinajstić information content (AvgIpc) is 3.22. The Morgan fingerprint density at radius 3 is 2.39 bits per heavy atom. The van der Waals surface area contributed by atoms with E-state index in [1.54, 1.807) is 28.9 Å². The quantitative estimate of drug-likeness (QED) is 0.310. The third-order valence-electron chi connectivity index (χ3n) is 5.31. The van der Waals surface area contributed by atoms with Gasteiger partial charge in [0.15, 0.2) is 5.82 Å². The maximum Gasteiger partial charge on any atom is 0.296 e. The molecule has 1 atom stereocenters. The van der Waals surface area contributed by atoms with Crippen LogP contribution in [0.15, 0.2) is 47.4 Å². The molecule has 3 rings (SSSR count). The number of ether oxygens (including phenoxy) is 1. The zero-order valence-corrected chi connectivity index (χ0v) is 21.9. The molecule has 3 aromatic rings. The molecule has 0 amide bonds. The third kappa shape index (κ3) is 6.14. The molecule has 33 heavy (non-hydrogen) atoms. The minimum atomic E-state index is -3.80. The number of aryl methyl sites for hydroxylation is 2. The van der Waals surface area contributed by atoms with Crippen molar-refractivity contribution in [3.05, 3.63) is 59.2 Å². The molecule has 8 nitrogen and oxygen atoms in total. The SMILES string of the molecule is CCOC(n1nnnc1-c1ccc(C)c(CCOS(=O)(=O)c2ccc(C)cc2)c1)[Si](C)(C)C. The predicted molar refractivity (Wildman–Crippen MR) is 130 cm³/mol. The summed E-state index contributed by atoms with van der Waals surface area (Å²) in [5.74, 6) is 0.436. The molecular weight excluding hydrogens is 456 g/mol. The highest BCUT2D eigenvalue weighted by Crippen LogP contribution is 2.28. The molecular formula is C23H32N4O4SSi. The van der Waals surface area contributed by atoms with E-state index in [-0.39, 0.29) is 17.4 Å². The van der Waals surface area contributed by atoms with Gasteiger partial charge in [-0.15, -0.1) is 5.10 Å². The molecule has 1 aromatic heterocycles. The minimum Gasteiger partial charge on any atom is -0.360 e. The highest BCUT2D eigenvalue weighted by molar-refractivity contribution is 7.86. The van der Waals surface area contributed by atoms with E-state index in [1.165, 1.54) is 0 Å². The second-order valence-electron chi connectivity index (χ2n) is 9.10. The molecule has 0 fully saturated rings. The maximum absolute atomic E-state index is 12.5. The number of aromatic nitrogens is 4. The van der Waals surface area contributed by atoms with Gasteiger partial charge in [-0.25, -0.2) is 4.68 Å². The summed E-state index contributed by atoms with van der Waals surface area (Å²) in [6.07, 6.45) is 0.440. The van der Waals surface area contributed by atoms with Gasteiger partial charge in [-0.05, 0) is 66.9 Å². The van der Waals surface area contributed by atoms with Crippen molar-refractivity contribution >= 4 is 18.2 Å². The smallest absolute Gasteiger partial charge is 0.296 e. The summed E-state index contributed by atoms with van der Waals surface area (Å²) in [7, 11) is -5.57. The Hall–Kier alpha value is -2.40. The number of rotatable bonds is 10. The van der Waals surface area contributed by atoms with Crippen LogP contribution in [0, 0.1) is 13.8 Å². The second kappa shape index (κ2) is 10.2. The van der Waals surface area contributed by atoms with Crippen LogP contribution in [0.4, 0.5) is 0 Å².